The van der Waals surface area contributed by atoms with Crippen LogP contribution in [0.15, 0.2) is 17.1 Å². The Morgan fingerprint density at radius 2 is 2.33 bits per heavy atom. The van der Waals surface area contributed by atoms with E-state index in [1.54, 1.807) is 13.1 Å². The molecule has 0 amide bonds. The van der Waals surface area contributed by atoms with E-state index in [0.29, 0.717) is 21.8 Å². The Kier molecular flexibility index (Phi) is 3.42. The largest absolute Gasteiger partial charge is 0.386 e. The fraction of sp³-hybridized carbons (Fsp3) is 0.100. The second-order valence-electron chi connectivity index (χ2n) is 2.74. The smallest absolute Gasteiger partial charge is 0.153 e. The Balaban J connectivity index is 3.50. The molecule has 0 spiro atoms. The van der Waals surface area contributed by atoms with Crippen molar-refractivity contribution < 1.29 is 0 Å². The molecule has 4 nitrogen and oxygen atoms in total. The van der Waals surface area contributed by atoms with E-state index in [1.807, 2.05) is 6.07 Å². The number of nitriles is 1. The van der Waals surface area contributed by atoms with Gasteiger partial charge in [0.1, 0.15) is 6.07 Å². The number of benzene rings is 1. The van der Waals surface area contributed by atoms with Gasteiger partial charge >= 0.3 is 0 Å². The number of nitrogens with one attached hydrogen (secondary N) is 2. The van der Waals surface area contributed by atoms with E-state index in [2.05, 4.69) is 17.0 Å². The lowest BCUT2D eigenvalue weighted by Gasteiger charge is -2.09. The third-order valence-corrected chi connectivity index (χ3v) is 2.11. The zero-order chi connectivity index (χ0) is 11.4. The lowest BCUT2D eigenvalue weighted by molar-refractivity contribution is 1.38. The molecule has 0 aromatic heterocycles. The van der Waals surface area contributed by atoms with Crippen LogP contribution in [0.2, 0.25) is 5.02 Å². The van der Waals surface area contributed by atoms with Crippen molar-refractivity contribution in [1.29, 1.82) is 10.7 Å². The molecule has 0 saturated heterocycles. The maximum absolute atomic E-state index is 8.89. The summed E-state index contributed by atoms with van der Waals surface area (Å²) in [5.74, 6) is -0.0154. The second-order valence-corrected chi connectivity index (χ2v) is 3.18. The first-order valence-corrected chi connectivity index (χ1v) is 4.49. The third kappa shape index (κ3) is 2.14. The van der Waals surface area contributed by atoms with Crippen LogP contribution < -0.4 is 5.32 Å². The molecule has 2 N–H and O–H groups in total. The monoisotopic (exact) mass is 220 g/mol. The summed E-state index contributed by atoms with van der Waals surface area (Å²) < 4.78 is 0. The molecule has 1 rings (SSSR count). The molecule has 0 bridgehead atoms. The Morgan fingerprint density at radius 3 is 2.80 bits per heavy atom. The first-order valence-electron chi connectivity index (χ1n) is 4.11. The van der Waals surface area contributed by atoms with Crippen LogP contribution in [-0.4, -0.2) is 19.6 Å². The molecule has 1 aromatic carbocycles. The van der Waals surface area contributed by atoms with Gasteiger partial charge in [-0.1, -0.05) is 11.6 Å². The molecule has 0 unspecified atom stereocenters. The van der Waals surface area contributed by atoms with Gasteiger partial charge in [-0.3, -0.25) is 5.41 Å². The van der Waals surface area contributed by atoms with E-state index in [4.69, 9.17) is 22.3 Å². The van der Waals surface area contributed by atoms with Gasteiger partial charge in [-0.25, -0.2) is 4.99 Å². The van der Waals surface area contributed by atoms with Gasteiger partial charge in [-0.15, -0.1) is 0 Å². The van der Waals surface area contributed by atoms with E-state index < -0.39 is 0 Å². The average molecular weight is 221 g/mol. The maximum atomic E-state index is 8.89. The normalized spacial score (nSPS) is 9.13. The summed E-state index contributed by atoms with van der Waals surface area (Å²) in [4.78, 5) is 3.51. The van der Waals surface area contributed by atoms with Crippen molar-refractivity contribution >= 4 is 29.8 Å². The summed E-state index contributed by atoms with van der Waals surface area (Å²) in [6.45, 7) is 3.27. The maximum Gasteiger partial charge on any atom is 0.153 e. The van der Waals surface area contributed by atoms with Crippen LogP contribution >= 0.6 is 11.6 Å². The van der Waals surface area contributed by atoms with Gasteiger partial charge in [-0.2, -0.15) is 5.26 Å². The van der Waals surface area contributed by atoms with E-state index >= 15 is 0 Å². The molecule has 1 aromatic rings. The number of amidine groups is 1. The van der Waals surface area contributed by atoms with E-state index in [-0.39, 0.29) is 5.84 Å². The summed E-state index contributed by atoms with van der Waals surface area (Å²) in [5, 5.41) is 19.7. The van der Waals surface area contributed by atoms with E-state index in [1.165, 1.54) is 6.07 Å². The Morgan fingerprint density at radius 1 is 1.67 bits per heavy atom. The molecule has 0 aliphatic carbocycles. The zero-order valence-electron chi connectivity index (χ0n) is 8.13. The summed E-state index contributed by atoms with van der Waals surface area (Å²) in [5.41, 5.74) is 1.39. The molecule has 0 atom stereocenters. The molecule has 0 aliphatic rings. The molecule has 0 fully saturated rings. The van der Waals surface area contributed by atoms with Crippen molar-refractivity contribution in [1.82, 2.24) is 0 Å². The Hall–Kier alpha value is -1.86. The van der Waals surface area contributed by atoms with Gasteiger partial charge in [0.25, 0.3) is 0 Å². The minimum Gasteiger partial charge on any atom is -0.386 e. The summed E-state index contributed by atoms with van der Waals surface area (Å²) in [7, 11) is 1.67. The Labute approximate surface area is 92.7 Å². The predicted octanol–water partition coefficient (Wildman–Crippen LogP) is 2.28. The van der Waals surface area contributed by atoms with Gasteiger partial charge < -0.3 is 5.32 Å². The van der Waals surface area contributed by atoms with Crippen LogP contribution in [0, 0.1) is 16.7 Å². The van der Waals surface area contributed by atoms with Gasteiger partial charge in [0.15, 0.2) is 5.84 Å². The topological polar surface area (TPSA) is 72.0 Å². The van der Waals surface area contributed by atoms with Gasteiger partial charge in [0.05, 0.1) is 11.3 Å². The van der Waals surface area contributed by atoms with Crippen LogP contribution in [0.5, 0.6) is 0 Å². The van der Waals surface area contributed by atoms with Crippen molar-refractivity contribution in [3.05, 3.63) is 28.3 Å². The van der Waals surface area contributed by atoms with Gasteiger partial charge in [0, 0.05) is 17.6 Å². The number of anilines is 1. The predicted molar refractivity (Wildman–Crippen MR) is 62.1 cm³/mol. The highest BCUT2D eigenvalue weighted by atomic mass is 35.5. The van der Waals surface area contributed by atoms with Crippen molar-refractivity contribution in [3.8, 4) is 6.07 Å². The van der Waals surface area contributed by atoms with Crippen LogP contribution in [0.3, 0.4) is 0 Å². The summed E-state index contributed by atoms with van der Waals surface area (Å²) >= 11 is 5.82. The van der Waals surface area contributed by atoms with Crippen LogP contribution in [0.4, 0.5) is 5.69 Å². The second kappa shape index (κ2) is 4.58. The molecule has 0 heterocycles. The van der Waals surface area contributed by atoms with Crippen LogP contribution in [-0.2, 0) is 0 Å². The molecular weight excluding hydrogens is 212 g/mol. The SMILES string of the molecule is C=NC(=N)c1cc(Cl)cc(C#N)c1NC. The molecular formula is C10H9ClN4. The van der Waals surface area contributed by atoms with Crippen molar-refractivity contribution in [2.24, 2.45) is 4.99 Å². The molecule has 15 heavy (non-hydrogen) atoms. The lowest BCUT2D eigenvalue weighted by Crippen LogP contribution is -2.03. The number of aliphatic imine (C=N–C) groups is 1. The third-order valence-electron chi connectivity index (χ3n) is 1.89. The Bertz CT molecular complexity index is 459. The average Bonchev–Trinajstić information content (AvgIpc) is 2.26. The van der Waals surface area contributed by atoms with Crippen LogP contribution in [0.1, 0.15) is 11.1 Å². The summed E-state index contributed by atoms with van der Waals surface area (Å²) in [6.07, 6.45) is 0. The number of rotatable bonds is 2. The number of hydrogen-bond donors (Lipinski definition) is 2. The first kappa shape index (κ1) is 11.2. The van der Waals surface area contributed by atoms with Crippen molar-refractivity contribution in [2.75, 3.05) is 12.4 Å². The van der Waals surface area contributed by atoms with Crippen molar-refractivity contribution in [2.45, 2.75) is 0 Å². The van der Waals surface area contributed by atoms with E-state index in [0.717, 1.165) is 0 Å². The highest BCUT2D eigenvalue weighted by Gasteiger charge is 2.11. The lowest BCUT2D eigenvalue weighted by atomic mass is 10.1. The molecule has 76 valence electrons. The molecule has 0 aliphatic heterocycles. The summed E-state index contributed by atoms with van der Waals surface area (Å²) in [6, 6.07) is 5.11. The highest BCUT2D eigenvalue weighted by Crippen LogP contribution is 2.25. The number of nitrogens with zero attached hydrogens (tertiary/aromatic N) is 2. The van der Waals surface area contributed by atoms with Crippen LogP contribution in [0.25, 0.3) is 0 Å². The minimum atomic E-state index is -0.0154. The standard InChI is InChI=1S/C10H9ClN4/c1-14-9-6(5-12)3-7(11)4-8(9)10(13)15-2/h3-4,13-14H,2H2,1H3. The minimum absolute atomic E-state index is 0.0154. The first-order chi connectivity index (χ1) is 7.13. The van der Waals surface area contributed by atoms with Gasteiger partial charge in [-0.05, 0) is 18.9 Å². The van der Waals surface area contributed by atoms with E-state index in [9.17, 15) is 0 Å². The quantitative estimate of drug-likeness (QED) is 0.593. The number of hydrogen-bond acceptors (Lipinski definition) is 3. The molecule has 0 saturated carbocycles. The van der Waals surface area contributed by atoms with Gasteiger partial charge in [0.2, 0.25) is 0 Å². The fourth-order valence-corrected chi connectivity index (χ4v) is 1.45. The molecule has 0 radical (unpaired) electrons. The highest BCUT2D eigenvalue weighted by molar-refractivity contribution is 6.31. The zero-order valence-corrected chi connectivity index (χ0v) is 8.89. The number of halogens is 1. The fourth-order valence-electron chi connectivity index (χ4n) is 1.24. The van der Waals surface area contributed by atoms with Crippen molar-refractivity contribution in [3.63, 3.8) is 0 Å². The molecule has 5 heteroatoms.